The summed E-state index contributed by atoms with van der Waals surface area (Å²) in [5.41, 5.74) is 4.08. The number of hydrogen-bond donors (Lipinski definition) is 0. The van der Waals surface area contributed by atoms with Crippen LogP contribution < -0.4 is 14.5 Å². The molecular formula is C20H18FN5O4. The SMILES string of the molecule is Cn1cc2c(n1)CN(c1cc3c(cc1F)N1C(=O)O[C@@H](COc4ccon4)C1C3)C2. The Morgan fingerprint density at radius 3 is 2.97 bits per heavy atom. The normalized spacial score (nSPS) is 21.6. The van der Waals surface area contributed by atoms with Crippen LogP contribution in [0.25, 0.3) is 0 Å². The monoisotopic (exact) mass is 411 g/mol. The van der Waals surface area contributed by atoms with Gasteiger partial charge in [0.2, 0.25) is 0 Å². The summed E-state index contributed by atoms with van der Waals surface area (Å²) < 4.78 is 32.6. The largest absolute Gasteiger partial charge is 0.471 e. The summed E-state index contributed by atoms with van der Waals surface area (Å²) in [7, 11) is 1.88. The van der Waals surface area contributed by atoms with E-state index in [2.05, 4.69) is 10.3 Å². The van der Waals surface area contributed by atoms with E-state index >= 15 is 4.39 Å². The van der Waals surface area contributed by atoms with Crippen molar-refractivity contribution >= 4 is 17.5 Å². The third-order valence-electron chi connectivity index (χ3n) is 5.89. The summed E-state index contributed by atoms with van der Waals surface area (Å²) in [5, 5.41) is 8.13. The molecule has 0 aliphatic carbocycles. The summed E-state index contributed by atoms with van der Waals surface area (Å²) >= 11 is 0. The molecule has 3 aliphatic rings. The lowest BCUT2D eigenvalue weighted by Gasteiger charge is -2.20. The summed E-state index contributed by atoms with van der Waals surface area (Å²) in [5.74, 6) is -0.0326. The van der Waals surface area contributed by atoms with Gasteiger partial charge in [0.05, 0.1) is 29.7 Å². The highest BCUT2D eigenvalue weighted by molar-refractivity contribution is 5.94. The molecule has 1 unspecified atom stereocenters. The number of fused-ring (bicyclic) bond motifs is 4. The van der Waals surface area contributed by atoms with Gasteiger partial charge in [0.1, 0.15) is 18.7 Å². The molecule has 5 heterocycles. The number of amides is 1. The number of aromatic nitrogens is 3. The molecular weight excluding hydrogens is 393 g/mol. The first-order chi connectivity index (χ1) is 14.6. The average Bonchev–Trinajstić information content (AvgIpc) is 3.48. The van der Waals surface area contributed by atoms with E-state index < -0.39 is 12.2 Å². The van der Waals surface area contributed by atoms with Gasteiger partial charge in [0.15, 0.2) is 6.10 Å². The van der Waals surface area contributed by atoms with E-state index in [1.807, 2.05) is 24.2 Å². The van der Waals surface area contributed by atoms with E-state index in [4.69, 9.17) is 14.0 Å². The van der Waals surface area contributed by atoms with Crippen molar-refractivity contribution < 1.29 is 23.2 Å². The first kappa shape index (κ1) is 17.3. The van der Waals surface area contributed by atoms with Crippen molar-refractivity contribution in [2.24, 2.45) is 7.05 Å². The summed E-state index contributed by atoms with van der Waals surface area (Å²) in [4.78, 5) is 16.0. The lowest BCUT2D eigenvalue weighted by Crippen LogP contribution is -2.36. The Labute approximate surface area is 170 Å². The van der Waals surface area contributed by atoms with Gasteiger partial charge >= 0.3 is 6.09 Å². The lowest BCUT2D eigenvalue weighted by atomic mass is 10.1. The zero-order valence-corrected chi connectivity index (χ0v) is 16.1. The van der Waals surface area contributed by atoms with Crippen LogP contribution in [0.4, 0.5) is 20.6 Å². The van der Waals surface area contributed by atoms with Crippen LogP contribution in [0.5, 0.6) is 5.88 Å². The molecule has 9 nitrogen and oxygen atoms in total. The molecule has 10 heteroatoms. The summed E-state index contributed by atoms with van der Waals surface area (Å²) in [6, 6.07) is 4.62. The number of ether oxygens (including phenoxy) is 2. The lowest BCUT2D eigenvalue weighted by molar-refractivity contribution is 0.0886. The van der Waals surface area contributed by atoms with Crippen molar-refractivity contribution in [2.75, 3.05) is 16.4 Å². The number of cyclic esters (lactones) is 1. The van der Waals surface area contributed by atoms with Crippen LogP contribution in [0.3, 0.4) is 0 Å². The zero-order valence-electron chi connectivity index (χ0n) is 16.1. The molecule has 154 valence electrons. The molecule has 1 fully saturated rings. The third kappa shape index (κ3) is 2.56. The highest BCUT2D eigenvalue weighted by Gasteiger charge is 2.48. The number of halogens is 1. The van der Waals surface area contributed by atoms with Crippen molar-refractivity contribution in [1.29, 1.82) is 0 Å². The van der Waals surface area contributed by atoms with E-state index in [0.717, 1.165) is 16.8 Å². The first-order valence-corrected chi connectivity index (χ1v) is 9.68. The van der Waals surface area contributed by atoms with Crippen molar-refractivity contribution in [3.63, 3.8) is 0 Å². The fourth-order valence-corrected chi connectivity index (χ4v) is 4.57. The maximum Gasteiger partial charge on any atom is 0.415 e. The molecule has 30 heavy (non-hydrogen) atoms. The summed E-state index contributed by atoms with van der Waals surface area (Å²) in [6.07, 6.45) is 2.98. The van der Waals surface area contributed by atoms with Crippen LogP contribution in [0, 0.1) is 5.82 Å². The number of rotatable bonds is 4. The van der Waals surface area contributed by atoms with Gasteiger partial charge in [-0.05, 0) is 23.2 Å². The Morgan fingerprint density at radius 2 is 2.17 bits per heavy atom. The third-order valence-corrected chi connectivity index (χ3v) is 5.89. The molecule has 1 aromatic carbocycles. The fraction of sp³-hybridized carbons (Fsp3) is 0.350. The number of benzene rings is 1. The minimum atomic E-state index is -0.488. The van der Waals surface area contributed by atoms with Crippen LogP contribution in [0.15, 0.2) is 35.2 Å². The molecule has 0 saturated carbocycles. The second-order valence-electron chi connectivity index (χ2n) is 7.78. The van der Waals surface area contributed by atoms with Crippen molar-refractivity contribution in [3.8, 4) is 5.88 Å². The van der Waals surface area contributed by atoms with E-state index in [9.17, 15) is 4.79 Å². The molecule has 0 spiro atoms. The van der Waals surface area contributed by atoms with Crippen LogP contribution in [-0.2, 0) is 31.3 Å². The fourth-order valence-electron chi connectivity index (χ4n) is 4.57. The molecule has 2 atom stereocenters. The van der Waals surface area contributed by atoms with Crippen LogP contribution in [0.2, 0.25) is 0 Å². The van der Waals surface area contributed by atoms with Crippen molar-refractivity contribution in [3.05, 3.63) is 53.3 Å². The van der Waals surface area contributed by atoms with Gasteiger partial charge < -0.3 is 18.9 Å². The van der Waals surface area contributed by atoms with Crippen LogP contribution >= 0.6 is 0 Å². The van der Waals surface area contributed by atoms with E-state index in [1.165, 1.54) is 17.2 Å². The summed E-state index contributed by atoms with van der Waals surface area (Å²) in [6.45, 7) is 1.33. The molecule has 1 saturated heterocycles. The predicted octanol–water partition coefficient (Wildman–Crippen LogP) is 2.40. The second-order valence-corrected chi connectivity index (χ2v) is 7.78. The highest BCUT2D eigenvalue weighted by atomic mass is 19.1. The Hall–Kier alpha value is -3.56. The predicted molar refractivity (Wildman–Crippen MR) is 102 cm³/mol. The van der Waals surface area contributed by atoms with Gasteiger partial charge in [-0.15, -0.1) is 0 Å². The smallest absolute Gasteiger partial charge is 0.415 e. The van der Waals surface area contributed by atoms with Crippen molar-refractivity contribution in [1.82, 2.24) is 14.9 Å². The average molecular weight is 411 g/mol. The molecule has 1 amide bonds. The number of nitrogens with zero attached hydrogens (tertiary/aromatic N) is 5. The number of carbonyl (C=O) groups is 1. The van der Waals surface area contributed by atoms with Crippen LogP contribution in [0.1, 0.15) is 16.8 Å². The zero-order chi connectivity index (χ0) is 20.4. The van der Waals surface area contributed by atoms with E-state index in [0.29, 0.717) is 36.8 Å². The van der Waals surface area contributed by atoms with Gasteiger partial charge in [0.25, 0.3) is 5.88 Å². The van der Waals surface area contributed by atoms with Gasteiger partial charge in [-0.2, -0.15) is 5.10 Å². The molecule has 3 aromatic rings. The minimum Gasteiger partial charge on any atom is -0.471 e. The molecule has 0 N–H and O–H groups in total. The number of anilines is 2. The maximum absolute atomic E-state index is 15.0. The minimum absolute atomic E-state index is 0.149. The van der Waals surface area contributed by atoms with E-state index in [1.54, 1.807) is 10.7 Å². The Morgan fingerprint density at radius 1 is 1.27 bits per heavy atom. The first-order valence-electron chi connectivity index (χ1n) is 9.68. The molecule has 6 rings (SSSR count). The van der Waals surface area contributed by atoms with Gasteiger partial charge in [0, 0.05) is 37.5 Å². The Balaban J connectivity index is 1.24. The van der Waals surface area contributed by atoms with E-state index in [-0.39, 0.29) is 18.5 Å². The number of hydrogen-bond acceptors (Lipinski definition) is 7. The second kappa shape index (κ2) is 6.22. The highest BCUT2D eigenvalue weighted by Crippen LogP contribution is 2.42. The van der Waals surface area contributed by atoms with Crippen LogP contribution in [-0.4, -0.2) is 39.8 Å². The van der Waals surface area contributed by atoms with Gasteiger partial charge in [-0.25, -0.2) is 9.18 Å². The van der Waals surface area contributed by atoms with Gasteiger partial charge in [-0.3, -0.25) is 9.58 Å². The van der Waals surface area contributed by atoms with Gasteiger partial charge in [-0.1, -0.05) is 0 Å². The molecule has 0 bridgehead atoms. The molecule has 3 aliphatic heterocycles. The topological polar surface area (TPSA) is 85.9 Å². The maximum atomic E-state index is 15.0. The molecule has 2 aromatic heterocycles. The number of aryl methyl sites for hydroxylation is 1. The molecule has 0 radical (unpaired) electrons. The standard InChI is InChI=1S/C20H18FN5O4/c1-24-7-12-8-25(9-14(12)22-24)16-4-11-5-17-18(10-28-19-2-3-29-23-19)30-20(27)26(17)15(11)6-13(16)21/h2-4,6-7,17-18H,5,8-10H2,1H3/t17?,18-/m0/s1. The Kier molecular flexibility index (Phi) is 3.59. The Bertz CT molecular complexity index is 1120. The quantitative estimate of drug-likeness (QED) is 0.652. The van der Waals surface area contributed by atoms with Crippen molar-refractivity contribution in [2.45, 2.75) is 31.7 Å². The number of carbonyl (C=O) groups excluding carboxylic acids is 1.